The first kappa shape index (κ1) is 16.7. The summed E-state index contributed by atoms with van der Waals surface area (Å²) < 4.78 is 26.7. The molecule has 4 aromatic rings. The number of nitrogen functional groups attached to an aromatic ring is 1. The predicted octanol–water partition coefficient (Wildman–Crippen LogP) is 3.57. The van der Waals surface area contributed by atoms with Gasteiger partial charge in [0.25, 0.3) is 0 Å². The Morgan fingerprint density at radius 2 is 1.81 bits per heavy atom. The van der Waals surface area contributed by atoms with Crippen LogP contribution in [0.25, 0.3) is 11.0 Å². The molecule has 4 rings (SSSR count). The third kappa shape index (κ3) is 3.61. The fourth-order valence-corrected chi connectivity index (χ4v) is 2.57. The van der Waals surface area contributed by atoms with Gasteiger partial charge in [-0.25, -0.2) is 13.8 Å². The lowest BCUT2D eigenvalue weighted by Crippen LogP contribution is -2.06. The van der Waals surface area contributed by atoms with Crippen LogP contribution in [0.5, 0.6) is 0 Å². The van der Waals surface area contributed by atoms with Gasteiger partial charge < -0.3 is 16.4 Å². The van der Waals surface area contributed by atoms with Crippen molar-refractivity contribution in [1.82, 2.24) is 20.4 Å². The normalized spacial score (nSPS) is 10.9. The molecule has 2 aromatic carbocycles. The van der Waals surface area contributed by atoms with Crippen molar-refractivity contribution >= 4 is 34.0 Å². The topological polar surface area (TPSA) is 105 Å². The Kier molecular flexibility index (Phi) is 4.25. The second-order valence-electron chi connectivity index (χ2n) is 5.88. The molecule has 0 radical (unpaired) electrons. The molecule has 27 heavy (non-hydrogen) atoms. The Morgan fingerprint density at radius 3 is 2.67 bits per heavy atom. The van der Waals surface area contributed by atoms with Gasteiger partial charge in [0.05, 0.1) is 5.69 Å². The predicted molar refractivity (Wildman–Crippen MR) is 99.5 cm³/mol. The third-order valence-electron chi connectivity index (χ3n) is 3.98. The SMILES string of the molecule is Nc1ccc(NCc2ccc(F)cc2F)nc1Nc1ccc2n[nH]nc2c1. The smallest absolute Gasteiger partial charge is 0.156 e. The number of aromatic amines is 1. The van der Waals surface area contributed by atoms with Gasteiger partial charge in [0.2, 0.25) is 0 Å². The van der Waals surface area contributed by atoms with E-state index in [9.17, 15) is 8.78 Å². The molecule has 5 N–H and O–H groups in total. The molecule has 9 heteroatoms. The van der Waals surface area contributed by atoms with Crippen LogP contribution in [-0.4, -0.2) is 20.4 Å². The average molecular weight is 367 g/mol. The van der Waals surface area contributed by atoms with Crippen molar-refractivity contribution in [2.24, 2.45) is 0 Å². The molecule has 0 aliphatic rings. The van der Waals surface area contributed by atoms with Gasteiger partial charge in [-0.3, -0.25) is 0 Å². The molecule has 0 bridgehead atoms. The summed E-state index contributed by atoms with van der Waals surface area (Å²) in [5.41, 5.74) is 8.98. The Hall–Kier alpha value is -3.75. The zero-order valence-electron chi connectivity index (χ0n) is 14.0. The molecule has 0 saturated heterocycles. The number of hydrogen-bond acceptors (Lipinski definition) is 6. The van der Waals surface area contributed by atoms with E-state index in [1.807, 2.05) is 18.2 Å². The fraction of sp³-hybridized carbons (Fsp3) is 0.0556. The Labute approximate surface area is 152 Å². The maximum absolute atomic E-state index is 13.7. The number of aromatic nitrogens is 4. The van der Waals surface area contributed by atoms with E-state index in [1.165, 1.54) is 12.1 Å². The summed E-state index contributed by atoms with van der Waals surface area (Å²) in [6.45, 7) is 0.160. The first-order valence-electron chi connectivity index (χ1n) is 8.10. The van der Waals surface area contributed by atoms with E-state index in [4.69, 9.17) is 5.73 Å². The number of nitrogens with two attached hydrogens (primary N) is 1. The summed E-state index contributed by atoms with van der Waals surface area (Å²) in [5, 5.41) is 16.7. The van der Waals surface area contributed by atoms with Crippen LogP contribution in [-0.2, 0) is 6.54 Å². The van der Waals surface area contributed by atoms with Crippen LogP contribution < -0.4 is 16.4 Å². The van der Waals surface area contributed by atoms with Crippen LogP contribution in [0.1, 0.15) is 5.56 Å². The van der Waals surface area contributed by atoms with Crippen LogP contribution in [0.3, 0.4) is 0 Å². The number of nitrogens with one attached hydrogen (secondary N) is 3. The lowest BCUT2D eigenvalue weighted by molar-refractivity contribution is 0.574. The minimum absolute atomic E-state index is 0.160. The monoisotopic (exact) mass is 367 g/mol. The summed E-state index contributed by atoms with van der Waals surface area (Å²) >= 11 is 0. The number of rotatable bonds is 5. The molecular formula is C18H15F2N7. The molecule has 0 unspecified atom stereocenters. The standard InChI is InChI=1S/C18H15F2N7/c19-11-2-1-10(13(20)7-11)9-22-17-6-4-14(21)18(24-17)23-12-3-5-15-16(8-12)26-27-25-15/h1-8H,9,21H2,(H2,22,23,24)(H,25,26,27). The van der Waals surface area contributed by atoms with E-state index >= 15 is 0 Å². The van der Waals surface area contributed by atoms with E-state index in [0.717, 1.165) is 17.3 Å². The van der Waals surface area contributed by atoms with Crippen molar-refractivity contribution in [3.8, 4) is 0 Å². The quantitative estimate of drug-likeness (QED) is 0.430. The molecule has 0 saturated carbocycles. The molecular weight excluding hydrogens is 352 g/mol. The first-order chi connectivity index (χ1) is 13.1. The minimum atomic E-state index is -0.614. The Bertz CT molecular complexity index is 1110. The van der Waals surface area contributed by atoms with E-state index in [0.29, 0.717) is 28.4 Å². The van der Waals surface area contributed by atoms with E-state index < -0.39 is 11.6 Å². The maximum atomic E-state index is 13.7. The zero-order chi connectivity index (χ0) is 18.8. The lowest BCUT2D eigenvalue weighted by Gasteiger charge is -2.12. The maximum Gasteiger partial charge on any atom is 0.156 e. The summed E-state index contributed by atoms with van der Waals surface area (Å²) in [4.78, 5) is 4.41. The van der Waals surface area contributed by atoms with E-state index in [-0.39, 0.29) is 6.54 Å². The Morgan fingerprint density at radius 1 is 0.963 bits per heavy atom. The van der Waals surface area contributed by atoms with Crippen molar-refractivity contribution in [2.45, 2.75) is 6.54 Å². The van der Waals surface area contributed by atoms with Crippen LogP contribution >= 0.6 is 0 Å². The van der Waals surface area contributed by atoms with Gasteiger partial charge in [-0.2, -0.15) is 15.4 Å². The van der Waals surface area contributed by atoms with Crippen molar-refractivity contribution < 1.29 is 8.78 Å². The number of nitrogens with zero attached hydrogens (tertiary/aromatic N) is 3. The van der Waals surface area contributed by atoms with Crippen molar-refractivity contribution in [2.75, 3.05) is 16.4 Å². The first-order valence-corrected chi connectivity index (χ1v) is 8.10. The van der Waals surface area contributed by atoms with Gasteiger partial charge in [0, 0.05) is 23.9 Å². The molecule has 2 heterocycles. The van der Waals surface area contributed by atoms with Gasteiger partial charge in [0.15, 0.2) is 5.82 Å². The highest BCUT2D eigenvalue weighted by Gasteiger charge is 2.08. The van der Waals surface area contributed by atoms with Crippen LogP contribution in [0.15, 0.2) is 48.5 Å². The molecule has 0 fully saturated rings. The van der Waals surface area contributed by atoms with Crippen molar-refractivity contribution in [3.63, 3.8) is 0 Å². The van der Waals surface area contributed by atoms with Gasteiger partial charge in [0.1, 0.15) is 28.5 Å². The molecule has 0 spiro atoms. The molecule has 7 nitrogen and oxygen atoms in total. The third-order valence-corrected chi connectivity index (χ3v) is 3.98. The largest absolute Gasteiger partial charge is 0.396 e. The highest BCUT2D eigenvalue weighted by molar-refractivity contribution is 5.80. The number of hydrogen-bond donors (Lipinski definition) is 4. The number of halogens is 2. The van der Waals surface area contributed by atoms with Gasteiger partial charge in [-0.15, -0.1) is 0 Å². The second-order valence-corrected chi connectivity index (χ2v) is 5.88. The van der Waals surface area contributed by atoms with Crippen LogP contribution in [0, 0.1) is 11.6 Å². The van der Waals surface area contributed by atoms with Crippen LogP contribution in [0.2, 0.25) is 0 Å². The summed E-state index contributed by atoms with van der Waals surface area (Å²) in [6, 6.07) is 12.3. The number of fused-ring (bicyclic) bond motifs is 1. The lowest BCUT2D eigenvalue weighted by atomic mass is 10.2. The molecule has 0 amide bonds. The van der Waals surface area contributed by atoms with E-state index in [1.54, 1.807) is 12.1 Å². The molecule has 2 aromatic heterocycles. The number of H-pyrrole nitrogens is 1. The summed E-state index contributed by atoms with van der Waals surface area (Å²) in [5.74, 6) is -0.282. The highest BCUT2D eigenvalue weighted by Crippen LogP contribution is 2.25. The molecule has 0 aliphatic heterocycles. The molecule has 0 atom stereocenters. The molecule has 136 valence electrons. The molecule has 0 aliphatic carbocycles. The fourth-order valence-electron chi connectivity index (χ4n) is 2.57. The number of benzene rings is 2. The van der Waals surface area contributed by atoms with Gasteiger partial charge >= 0.3 is 0 Å². The average Bonchev–Trinajstić information content (AvgIpc) is 3.11. The Balaban J connectivity index is 1.52. The van der Waals surface area contributed by atoms with Crippen LogP contribution in [0.4, 0.5) is 31.8 Å². The summed E-state index contributed by atoms with van der Waals surface area (Å²) in [7, 11) is 0. The van der Waals surface area contributed by atoms with E-state index in [2.05, 4.69) is 31.0 Å². The van der Waals surface area contributed by atoms with Gasteiger partial charge in [-0.1, -0.05) is 6.07 Å². The second kappa shape index (κ2) is 6.87. The number of anilines is 4. The summed E-state index contributed by atoms with van der Waals surface area (Å²) in [6.07, 6.45) is 0. The highest BCUT2D eigenvalue weighted by atomic mass is 19.1. The van der Waals surface area contributed by atoms with Crippen molar-refractivity contribution in [3.05, 3.63) is 65.7 Å². The van der Waals surface area contributed by atoms with Crippen molar-refractivity contribution in [1.29, 1.82) is 0 Å². The zero-order valence-corrected chi connectivity index (χ0v) is 14.0. The minimum Gasteiger partial charge on any atom is -0.396 e. The van der Waals surface area contributed by atoms with Gasteiger partial charge in [-0.05, 0) is 36.4 Å². The number of pyridine rings is 1.